The summed E-state index contributed by atoms with van der Waals surface area (Å²) in [5.41, 5.74) is 4.55. The Balaban J connectivity index is 1.25. The predicted molar refractivity (Wildman–Crippen MR) is 133 cm³/mol. The lowest BCUT2D eigenvalue weighted by molar-refractivity contribution is -0.119. The van der Waals surface area contributed by atoms with E-state index in [1.807, 2.05) is 78.1 Å². The van der Waals surface area contributed by atoms with Crippen molar-refractivity contribution in [2.75, 3.05) is 19.0 Å². The number of rotatable bonds is 5. The van der Waals surface area contributed by atoms with E-state index < -0.39 is 0 Å². The minimum absolute atomic E-state index is 0.0695. The fourth-order valence-electron chi connectivity index (χ4n) is 4.24. The molecule has 1 atom stereocenters. The normalized spacial score (nSPS) is 13.9. The van der Waals surface area contributed by atoms with Crippen molar-refractivity contribution in [3.05, 3.63) is 72.3 Å². The Kier molecular flexibility index (Phi) is 5.22. The van der Waals surface area contributed by atoms with Crippen molar-refractivity contribution in [1.29, 1.82) is 0 Å². The van der Waals surface area contributed by atoms with Gasteiger partial charge in [0.25, 0.3) is 0 Å². The number of carbonyl (C=O) groups is 1. The molecule has 0 saturated heterocycles. The first kappa shape index (κ1) is 20.8. The maximum atomic E-state index is 12.8. The van der Waals surface area contributed by atoms with E-state index in [2.05, 4.69) is 5.32 Å². The van der Waals surface area contributed by atoms with Gasteiger partial charge < -0.3 is 14.8 Å². The standard InChI is InChI=1S/C26H22N4O3S/c1-16(17-10-11-22-23(14-17)33-13-12-32-22)27-24(31)15-34-26-29-19-7-3-2-6-18(19)25-28-20-8-4-5-9-21(20)30(25)26/h2-11,14,16H,12-13,15H2,1H3,(H,27,31)/t16-/m1/s1. The summed E-state index contributed by atoms with van der Waals surface area (Å²) in [6.07, 6.45) is 0. The van der Waals surface area contributed by atoms with Gasteiger partial charge in [0.05, 0.1) is 28.3 Å². The second kappa shape index (κ2) is 8.53. The average molecular weight is 471 g/mol. The number of amides is 1. The van der Waals surface area contributed by atoms with Gasteiger partial charge in [-0.3, -0.25) is 9.20 Å². The van der Waals surface area contributed by atoms with Crippen LogP contribution in [0.2, 0.25) is 0 Å². The van der Waals surface area contributed by atoms with Crippen LogP contribution in [0.3, 0.4) is 0 Å². The van der Waals surface area contributed by atoms with Gasteiger partial charge in [-0.05, 0) is 48.9 Å². The van der Waals surface area contributed by atoms with E-state index in [1.54, 1.807) is 0 Å². The zero-order valence-corrected chi connectivity index (χ0v) is 19.3. The second-order valence-corrected chi connectivity index (χ2v) is 9.09. The van der Waals surface area contributed by atoms with Gasteiger partial charge in [-0.15, -0.1) is 0 Å². The van der Waals surface area contributed by atoms with E-state index in [9.17, 15) is 4.79 Å². The summed E-state index contributed by atoms with van der Waals surface area (Å²) in [4.78, 5) is 22.5. The van der Waals surface area contributed by atoms with Crippen molar-refractivity contribution in [2.24, 2.45) is 0 Å². The molecule has 3 aromatic carbocycles. The summed E-state index contributed by atoms with van der Waals surface area (Å²) in [6, 6.07) is 21.6. The van der Waals surface area contributed by atoms with Crippen molar-refractivity contribution in [2.45, 2.75) is 18.1 Å². The summed E-state index contributed by atoms with van der Waals surface area (Å²) in [6.45, 7) is 3.05. The highest BCUT2D eigenvalue weighted by Crippen LogP contribution is 2.33. The molecule has 7 nitrogen and oxygen atoms in total. The van der Waals surface area contributed by atoms with Crippen LogP contribution in [0, 0.1) is 0 Å². The molecule has 0 aliphatic carbocycles. The number of nitrogens with one attached hydrogen (secondary N) is 1. The Morgan fingerprint density at radius 2 is 1.76 bits per heavy atom. The number of para-hydroxylation sites is 3. The fourth-order valence-corrected chi connectivity index (χ4v) is 5.06. The SMILES string of the molecule is C[C@@H](NC(=O)CSc1nc2ccccc2c2nc3ccccc3n12)c1ccc2c(c1)OCCO2. The van der Waals surface area contributed by atoms with Gasteiger partial charge >= 0.3 is 0 Å². The molecule has 0 radical (unpaired) electrons. The lowest BCUT2D eigenvalue weighted by atomic mass is 10.1. The minimum Gasteiger partial charge on any atom is -0.486 e. The Hall–Kier alpha value is -3.78. The molecule has 0 spiro atoms. The molecule has 8 heteroatoms. The molecule has 0 bridgehead atoms. The summed E-state index contributed by atoms with van der Waals surface area (Å²) in [5.74, 6) is 1.62. The van der Waals surface area contributed by atoms with Gasteiger partial charge in [0.2, 0.25) is 5.91 Å². The van der Waals surface area contributed by atoms with Crippen molar-refractivity contribution in [3.63, 3.8) is 0 Å². The number of aromatic nitrogens is 3. The monoisotopic (exact) mass is 470 g/mol. The molecule has 0 fully saturated rings. The maximum Gasteiger partial charge on any atom is 0.230 e. The number of hydrogen-bond donors (Lipinski definition) is 1. The quantitative estimate of drug-likeness (QED) is 0.294. The topological polar surface area (TPSA) is 77.8 Å². The van der Waals surface area contributed by atoms with E-state index in [4.69, 9.17) is 19.4 Å². The van der Waals surface area contributed by atoms with Crippen LogP contribution in [0.5, 0.6) is 11.5 Å². The number of imidazole rings is 1. The average Bonchev–Trinajstić information content (AvgIpc) is 3.27. The second-order valence-electron chi connectivity index (χ2n) is 8.15. The number of thioether (sulfide) groups is 1. The van der Waals surface area contributed by atoms with Crippen LogP contribution in [0.4, 0.5) is 0 Å². The summed E-state index contributed by atoms with van der Waals surface area (Å²) >= 11 is 1.41. The Bertz CT molecular complexity index is 1550. The highest BCUT2D eigenvalue weighted by Gasteiger charge is 2.18. The molecular weight excluding hydrogens is 448 g/mol. The van der Waals surface area contributed by atoms with E-state index in [0.717, 1.165) is 44.1 Å². The van der Waals surface area contributed by atoms with Crippen molar-refractivity contribution >= 4 is 45.3 Å². The number of carbonyl (C=O) groups excluding carboxylic acids is 1. The van der Waals surface area contributed by atoms with Crippen LogP contribution >= 0.6 is 11.8 Å². The Morgan fingerprint density at radius 3 is 2.65 bits per heavy atom. The van der Waals surface area contributed by atoms with Gasteiger partial charge in [-0.25, -0.2) is 9.97 Å². The molecule has 2 aromatic heterocycles. The molecule has 34 heavy (non-hydrogen) atoms. The highest BCUT2D eigenvalue weighted by atomic mass is 32.2. The van der Waals surface area contributed by atoms with Crippen LogP contribution < -0.4 is 14.8 Å². The van der Waals surface area contributed by atoms with Crippen LogP contribution in [-0.2, 0) is 4.79 Å². The van der Waals surface area contributed by atoms with Gasteiger partial charge in [-0.1, -0.05) is 42.1 Å². The maximum absolute atomic E-state index is 12.8. The molecule has 170 valence electrons. The Morgan fingerprint density at radius 1 is 1.00 bits per heavy atom. The van der Waals surface area contributed by atoms with Gasteiger partial charge in [0.1, 0.15) is 18.9 Å². The smallest absolute Gasteiger partial charge is 0.230 e. The number of nitrogens with zero attached hydrogens (tertiary/aromatic N) is 3. The molecule has 6 rings (SSSR count). The number of fused-ring (bicyclic) bond motifs is 6. The molecule has 0 saturated carbocycles. The first-order chi connectivity index (χ1) is 16.7. The molecule has 5 aromatic rings. The van der Waals surface area contributed by atoms with Gasteiger partial charge in [-0.2, -0.15) is 0 Å². The Labute approximate surface area is 200 Å². The van der Waals surface area contributed by atoms with Gasteiger partial charge in [0, 0.05) is 5.39 Å². The lowest BCUT2D eigenvalue weighted by Gasteiger charge is -2.21. The third kappa shape index (κ3) is 3.70. The van der Waals surface area contributed by atoms with E-state index in [-0.39, 0.29) is 17.7 Å². The fraction of sp³-hybridized carbons (Fsp3) is 0.192. The minimum atomic E-state index is -0.164. The summed E-state index contributed by atoms with van der Waals surface area (Å²) in [7, 11) is 0. The molecule has 1 amide bonds. The van der Waals surface area contributed by atoms with Crippen molar-refractivity contribution < 1.29 is 14.3 Å². The van der Waals surface area contributed by atoms with E-state index in [1.165, 1.54) is 11.8 Å². The number of hydrogen-bond acceptors (Lipinski definition) is 6. The summed E-state index contributed by atoms with van der Waals surface area (Å²) < 4.78 is 13.3. The van der Waals surface area contributed by atoms with Crippen molar-refractivity contribution in [3.8, 4) is 11.5 Å². The number of ether oxygens (including phenoxy) is 2. The third-order valence-electron chi connectivity index (χ3n) is 5.89. The molecule has 3 heterocycles. The zero-order chi connectivity index (χ0) is 23.1. The molecule has 1 aliphatic rings. The van der Waals surface area contributed by atoms with Crippen molar-refractivity contribution in [1.82, 2.24) is 19.7 Å². The summed E-state index contributed by atoms with van der Waals surface area (Å²) in [5, 5.41) is 4.81. The third-order valence-corrected chi connectivity index (χ3v) is 6.83. The van der Waals surface area contributed by atoms with Crippen LogP contribution in [0.15, 0.2) is 71.9 Å². The van der Waals surface area contributed by atoms with E-state index in [0.29, 0.717) is 19.0 Å². The lowest BCUT2D eigenvalue weighted by Crippen LogP contribution is -2.28. The first-order valence-electron chi connectivity index (χ1n) is 11.1. The molecule has 0 unspecified atom stereocenters. The predicted octanol–water partition coefficient (Wildman–Crippen LogP) is 4.78. The van der Waals surface area contributed by atoms with Crippen LogP contribution in [0.1, 0.15) is 18.5 Å². The van der Waals surface area contributed by atoms with Gasteiger partial charge in [0.15, 0.2) is 16.7 Å². The first-order valence-corrected chi connectivity index (χ1v) is 12.1. The van der Waals surface area contributed by atoms with Crippen LogP contribution in [0.25, 0.3) is 27.6 Å². The largest absolute Gasteiger partial charge is 0.486 e. The number of benzene rings is 3. The molecule has 1 aliphatic heterocycles. The molecule has 1 N–H and O–H groups in total. The van der Waals surface area contributed by atoms with Crippen LogP contribution in [-0.4, -0.2) is 39.2 Å². The van der Waals surface area contributed by atoms with E-state index >= 15 is 0 Å². The zero-order valence-electron chi connectivity index (χ0n) is 18.5. The molecular formula is C26H22N4O3S. The highest BCUT2D eigenvalue weighted by molar-refractivity contribution is 7.99.